The van der Waals surface area contributed by atoms with Crippen LogP contribution < -0.4 is 0 Å². The second-order valence-corrected chi connectivity index (χ2v) is 6.62. The van der Waals surface area contributed by atoms with Crippen molar-refractivity contribution >= 4 is 26.3 Å². The normalized spacial score (nSPS) is 10.7. The van der Waals surface area contributed by atoms with Crippen molar-refractivity contribution in [2.45, 2.75) is 0 Å². The molecule has 0 saturated carbocycles. The molecule has 0 bridgehead atoms. The summed E-state index contributed by atoms with van der Waals surface area (Å²) in [4.78, 5) is 18.9. The number of aromatic nitrogens is 4. The zero-order chi connectivity index (χ0) is 17.4. The molecule has 0 saturated heterocycles. The molecule has 0 aliphatic heterocycles. The minimum atomic E-state index is -3.67. The van der Waals surface area contributed by atoms with Gasteiger partial charge in [0.25, 0.3) is 20.2 Å². The number of nitrogens with zero attached hydrogens (tertiary/aromatic N) is 4. The molecule has 0 aliphatic rings. The molecule has 0 atom stereocenters. The highest BCUT2D eigenvalue weighted by molar-refractivity contribution is 7.85. The van der Waals surface area contributed by atoms with E-state index in [0.717, 1.165) is 0 Å². The number of hydrogen-bond acceptors (Lipinski definition) is 7. The summed E-state index contributed by atoms with van der Waals surface area (Å²) in [6, 6.07) is -0.190. The van der Waals surface area contributed by atoms with Crippen LogP contribution in [0.5, 0.6) is 0 Å². The molecule has 0 unspecified atom stereocenters. The van der Waals surface area contributed by atoms with Crippen molar-refractivity contribution in [3.05, 3.63) is 37.4 Å². The van der Waals surface area contributed by atoms with E-state index >= 15 is 0 Å². The first-order valence-corrected chi connectivity index (χ1v) is 8.93. The van der Waals surface area contributed by atoms with E-state index in [2.05, 4.69) is 9.97 Å². The lowest BCUT2D eigenvalue weighted by atomic mass is 10.8. The van der Waals surface area contributed by atoms with Crippen molar-refractivity contribution in [2.75, 3.05) is 12.5 Å². The Morgan fingerprint density at radius 1 is 0.864 bits per heavy atom. The fraction of sp³-hybridized carbons (Fsp3) is 0.222. The Bertz CT molecular complexity index is 682. The van der Waals surface area contributed by atoms with E-state index in [4.69, 9.17) is 9.11 Å². The lowest BCUT2D eigenvalue weighted by Gasteiger charge is -1.98. The minimum absolute atomic E-state index is 0.190. The van der Waals surface area contributed by atoms with Crippen molar-refractivity contribution in [1.82, 2.24) is 19.1 Å². The molecule has 124 valence electrons. The smallest absolute Gasteiger partial charge is 0.286 e. The summed E-state index contributed by atoms with van der Waals surface area (Å²) in [5.74, 6) is 0. The molecular formula is C9H14N4O7S2. The van der Waals surface area contributed by atoms with Crippen molar-refractivity contribution in [3.8, 4) is 0 Å². The number of carbonyl (C=O) groups excluding carboxylic acids is 1. The Balaban J connectivity index is 0.000000372. The van der Waals surface area contributed by atoms with E-state index in [1.165, 1.54) is 21.8 Å². The van der Waals surface area contributed by atoms with Crippen molar-refractivity contribution in [2.24, 2.45) is 0 Å². The maximum Gasteiger partial charge on any atom is 0.338 e. The van der Waals surface area contributed by atoms with Gasteiger partial charge in [-0.2, -0.15) is 16.8 Å². The van der Waals surface area contributed by atoms with E-state index in [1.807, 2.05) is 0 Å². The molecule has 2 heterocycles. The number of imidazole rings is 2. The molecular weight excluding hydrogens is 340 g/mol. The van der Waals surface area contributed by atoms with E-state index < -0.39 is 20.2 Å². The van der Waals surface area contributed by atoms with Gasteiger partial charge in [-0.3, -0.25) is 18.2 Å². The van der Waals surface area contributed by atoms with Crippen LogP contribution in [0, 0.1) is 0 Å². The topological polar surface area (TPSA) is 161 Å². The van der Waals surface area contributed by atoms with E-state index in [9.17, 15) is 21.6 Å². The predicted octanol–water partition coefficient (Wildman–Crippen LogP) is -0.396. The van der Waals surface area contributed by atoms with Crippen molar-refractivity contribution in [3.63, 3.8) is 0 Å². The van der Waals surface area contributed by atoms with E-state index in [1.54, 1.807) is 24.8 Å². The Hall–Kier alpha value is -2.09. The first-order valence-electron chi connectivity index (χ1n) is 5.23. The average molecular weight is 354 g/mol. The molecule has 0 radical (unpaired) electrons. The summed E-state index contributed by atoms with van der Waals surface area (Å²) in [6.45, 7) is 0. The average Bonchev–Trinajstić information content (AvgIpc) is 2.98. The Morgan fingerprint density at radius 3 is 1.32 bits per heavy atom. The largest absolute Gasteiger partial charge is 0.338 e. The molecule has 0 spiro atoms. The van der Waals surface area contributed by atoms with E-state index in [-0.39, 0.29) is 6.03 Å². The summed E-state index contributed by atoms with van der Waals surface area (Å²) >= 11 is 0. The third-order valence-electron chi connectivity index (χ3n) is 1.45. The van der Waals surface area contributed by atoms with E-state index in [0.29, 0.717) is 12.5 Å². The van der Waals surface area contributed by atoms with Gasteiger partial charge in [-0.15, -0.1) is 0 Å². The van der Waals surface area contributed by atoms with Crippen LogP contribution in [0.3, 0.4) is 0 Å². The maximum absolute atomic E-state index is 11.4. The second kappa shape index (κ2) is 8.38. The highest BCUT2D eigenvalue weighted by Crippen LogP contribution is 1.92. The van der Waals surface area contributed by atoms with Gasteiger partial charge in [-0.05, 0) is 0 Å². The third kappa shape index (κ3) is 12.9. The number of carbonyl (C=O) groups is 1. The van der Waals surface area contributed by atoms with Crippen LogP contribution in [0.4, 0.5) is 4.79 Å². The highest BCUT2D eigenvalue weighted by Gasteiger charge is 2.03. The molecule has 2 aromatic heterocycles. The second-order valence-electron chi connectivity index (χ2n) is 3.69. The van der Waals surface area contributed by atoms with Gasteiger partial charge < -0.3 is 0 Å². The number of rotatable bonds is 0. The van der Waals surface area contributed by atoms with Crippen molar-refractivity contribution < 1.29 is 30.7 Å². The monoisotopic (exact) mass is 354 g/mol. The molecule has 22 heavy (non-hydrogen) atoms. The maximum atomic E-state index is 11.4. The zero-order valence-electron chi connectivity index (χ0n) is 11.5. The molecule has 2 N–H and O–H groups in total. The van der Waals surface area contributed by atoms with Gasteiger partial charge in [-0.1, -0.05) is 0 Å². The fourth-order valence-corrected chi connectivity index (χ4v) is 0.878. The first kappa shape index (κ1) is 19.9. The Labute approximate surface area is 126 Å². The molecule has 0 aromatic carbocycles. The quantitative estimate of drug-likeness (QED) is 0.600. The standard InChI is InChI=1S/C7H6N4O.2CH4O3S/c12-7(10-3-1-8-5-10)11-4-2-9-6-11;2*1-5(2,3)4/h1-6H;2*1H3,(H,2,3,4). The third-order valence-corrected chi connectivity index (χ3v) is 1.45. The lowest BCUT2D eigenvalue weighted by molar-refractivity contribution is 0.244. The summed E-state index contributed by atoms with van der Waals surface area (Å²) in [6.07, 6.45) is 10.6. The summed E-state index contributed by atoms with van der Waals surface area (Å²) in [5, 5.41) is 0. The van der Waals surface area contributed by atoms with Crippen molar-refractivity contribution in [1.29, 1.82) is 0 Å². The minimum Gasteiger partial charge on any atom is -0.286 e. The summed E-state index contributed by atoms with van der Waals surface area (Å²) in [7, 11) is -7.33. The van der Waals surface area contributed by atoms with Crippen LogP contribution in [0.25, 0.3) is 0 Å². The molecule has 2 rings (SSSR count). The van der Waals surface area contributed by atoms with Crippen LogP contribution in [0.1, 0.15) is 0 Å². The van der Waals surface area contributed by atoms with Crippen LogP contribution >= 0.6 is 0 Å². The van der Waals surface area contributed by atoms with Gasteiger partial charge in [-0.25, -0.2) is 14.8 Å². The van der Waals surface area contributed by atoms with Gasteiger partial charge in [0, 0.05) is 24.8 Å². The van der Waals surface area contributed by atoms with Gasteiger partial charge in [0.15, 0.2) is 0 Å². The van der Waals surface area contributed by atoms with Gasteiger partial charge in [0.05, 0.1) is 12.5 Å². The van der Waals surface area contributed by atoms with Crippen LogP contribution in [0.15, 0.2) is 37.4 Å². The van der Waals surface area contributed by atoms with Crippen LogP contribution in [-0.2, 0) is 20.2 Å². The molecule has 0 aliphatic carbocycles. The molecule has 2 aromatic rings. The molecule has 0 amide bonds. The SMILES string of the molecule is CS(=O)(=O)O.CS(=O)(=O)O.O=C(n1ccnc1)n1ccnc1. The first-order chi connectivity index (χ1) is 9.88. The lowest BCUT2D eigenvalue weighted by Crippen LogP contribution is -2.15. The Kier molecular flexibility index (Phi) is 7.58. The highest BCUT2D eigenvalue weighted by atomic mass is 32.2. The summed E-state index contributed by atoms with van der Waals surface area (Å²) < 4.78 is 54.5. The molecule has 0 fully saturated rings. The molecule has 11 nitrogen and oxygen atoms in total. The van der Waals surface area contributed by atoms with Gasteiger partial charge in [0.1, 0.15) is 12.7 Å². The summed E-state index contributed by atoms with van der Waals surface area (Å²) in [5.41, 5.74) is 0. The van der Waals surface area contributed by atoms with Gasteiger partial charge >= 0.3 is 6.03 Å². The zero-order valence-corrected chi connectivity index (χ0v) is 13.1. The number of hydrogen-bond donors (Lipinski definition) is 2. The van der Waals surface area contributed by atoms with Crippen LogP contribution in [-0.4, -0.2) is 63.6 Å². The fourth-order valence-electron chi connectivity index (χ4n) is 0.878. The van der Waals surface area contributed by atoms with Gasteiger partial charge in [0.2, 0.25) is 0 Å². The predicted molar refractivity (Wildman–Crippen MR) is 75.6 cm³/mol. The Morgan fingerprint density at radius 2 is 1.14 bits per heavy atom. The molecule has 13 heteroatoms. The van der Waals surface area contributed by atoms with Crippen LogP contribution in [0.2, 0.25) is 0 Å².